The Morgan fingerprint density at radius 2 is 2.05 bits per heavy atom. The maximum atomic E-state index is 12.7. The molecule has 2 saturated heterocycles. The molecule has 0 aliphatic carbocycles. The van der Waals surface area contributed by atoms with E-state index >= 15 is 0 Å². The molecule has 3 rings (SSSR count). The molecule has 0 aromatic heterocycles. The molecule has 0 spiro atoms. The van der Waals surface area contributed by atoms with E-state index in [0.717, 1.165) is 32.4 Å². The number of carbonyl (C=O) groups is 1. The van der Waals surface area contributed by atoms with E-state index in [1.807, 2.05) is 30.0 Å². The largest absolute Gasteiger partial charge is 0.389 e. The van der Waals surface area contributed by atoms with Crippen molar-refractivity contribution in [2.75, 3.05) is 19.6 Å². The van der Waals surface area contributed by atoms with Crippen LogP contribution in [0, 0.1) is 0 Å². The second-order valence-corrected chi connectivity index (χ2v) is 6.62. The lowest BCUT2D eigenvalue weighted by Crippen LogP contribution is -2.52. The third kappa shape index (κ3) is 3.27. The first-order valence-corrected chi connectivity index (χ1v) is 7.84. The van der Waals surface area contributed by atoms with Crippen molar-refractivity contribution in [2.24, 2.45) is 0 Å². The Balaban J connectivity index is 1.67. The van der Waals surface area contributed by atoms with Gasteiger partial charge < -0.3 is 10.0 Å². The maximum Gasteiger partial charge on any atom is 0.240 e. The topological polar surface area (TPSA) is 43.8 Å². The summed E-state index contributed by atoms with van der Waals surface area (Å²) in [6.07, 6.45) is 2.72. The summed E-state index contributed by atoms with van der Waals surface area (Å²) in [6.45, 7) is 4.84. The molecule has 1 N–H and O–H groups in total. The molecule has 0 bridgehead atoms. The van der Waals surface area contributed by atoms with Crippen molar-refractivity contribution in [2.45, 2.75) is 44.4 Å². The summed E-state index contributed by atoms with van der Waals surface area (Å²) in [6, 6.07) is 10.1. The predicted octanol–water partition coefficient (Wildman–Crippen LogP) is 1.63. The van der Waals surface area contributed by atoms with Crippen LogP contribution in [0.15, 0.2) is 30.3 Å². The van der Waals surface area contributed by atoms with Gasteiger partial charge in [0.05, 0.1) is 11.6 Å². The fraction of sp³-hybridized carbons (Fsp3) is 0.588. The van der Waals surface area contributed by atoms with E-state index in [2.05, 4.69) is 17.0 Å². The van der Waals surface area contributed by atoms with E-state index in [0.29, 0.717) is 13.1 Å². The van der Waals surface area contributed by atoms with Crippen molar-refractivity contribution in [3.63, 3.8) is 0 Å². The minimum atomic E-state index is -0.637. The Kier molecular flexibility index (Phi) is 4.00. The number of nitrogens with zero attached hydrogens (tertiary/aromatic N) is 2. The molecule has 1 aromatic carbocycles. The lowest BCUT2D eigenvalue weighted by Gasteiger charge is -2.37. The smallest absolute Gasteiger partial charge is 0.240 e. The molecular formula is C17H24N2O2. The van der Waals surface area contributed by atoms with E-state index in [1.54, 1.807) is 0 Å². The van der Waals surface area contributed by atoms with E-state index in [1.165, 1.54) is 5.56 Å². The Morgan fingerprint density at radius 1 is 1.29 bits per heavy atom. The van der Waals surface area contributed by atoms with Gasteiger partial charge in [-0.3, -0.25) is 9.69 Å². The summed E-state index contributed by atoms with van der Waals surface area (Å²) in [5.41, 5.74) is 0.544. The number of aliphatic hydroxyl groups is 1. The minimum Gasteiger partial charge on any atom is -0.389 e. The monoisotopic (exact) mass is 288 g/mol. The Labute approximate surface area is 126 Å². The maximum absolute atomic E-state index is 12.7. The highest BCUT2D eigenvalue weighted by Gasteiger charge is 2.40. The molecule has 2 aliphatic heterocycles. The van der Waals surface area contributed by atoms with E-state index in [4.69, 9.17) is 0 Å². The fourth-order valence-electron chi connectivity index (χ4n) is 3.47. The number of hydrogen-bond acceptors (Lipinski definition) is 3. The van der Waals surface area contributed by atoms with Gasteiger partial charge in [0.25, 0.3) is 0 Å². The van der Waals surface area contributed by atoms with Crippen LogP contribution in [0.5, 0.6) is 0 Å². The van der Waals surface area contributed by atoms with Gasteiger partial charge in [-0.2, -0.15) is 0 Å². The van der Waals surface area contributed by atoms with Crippen LogP contribution >= 0.6 is 0 Å². The number of β-amino-alcohol motifs (C(OH)–C–C–N with tert-alkyl or cyclic N) is 1. The van der Waals surface area contributed by atoms with Crippen LogP contribution in [0.25, 0.3) is 0 Å². The van der Waals surface area contributed by atoms with Crippen LogP contribution in [-0.2, 0) is 11.3 Å². The number of piperidine rings is 1. The normalized spacial score (nSPS) is 30.9. The fourth-order valence-corrected chi connectivity index (χ4v) is 3.47. The van der Waals surface area contributed by atoms with Crippen molar-refractivity contribution in [3.8, 4) is 0 Å². The third-order valence-corrected chi connectivity index (χ3v) is 4.64. The van der Waals surface area contributed by atoms with Crippen LogP contribution in [-0.4, -0.2) is 52.1 Å². The van der Waals surface area contributed by atoms with E-state index in [-0.39, 0.29) is 11.9 Å². The first-order chi connectivity index (χ1) is 10.1. The molecule has 4 nitrogen and oxygen atoms in total. The Hall–Kier alpha value is -1.39. The summed E-state index contributed by atoms with van der Waals surface area (Å²) in [5.74, 6) is 0.225. The molecule has 0 radical (unpaired) electrons. The van der Waals surface area contributed by atoms with Crippen LogP contribution in [0.2, 0.25) is 0 Å². The highest BCUT2D eigenvalue weighted by molar-refractivity contribution is 5.82. The van der Waals surface area contributed by atoms with Gasteiger partial charge >= 0.3 is 0 Å². The Bertz CT molecular complexity index is 501. The quantitative estimate of drug-likeness (QED) is 0.919. The first kappa shape index (κ1) is 14.5. The van der Waals surface area contributed by atoms with Gasteiger partial charge in [0, 0.05) is 26.2 Å². The van der Waals surface area contributed by atoms with Crippen LogP contribution in [0.4, 0.5) is 0 Å². The molecule has 2 aliphatic rings. The van der Waals surface area contributed by atoms with Gasteiger partial charge in [0.2, 0.25) is 5.91 Å². The van der Waals surface area contributed by atoms with Crippen molar-refractivity contribution >= 4 is 5.91 Å². The summed E-state index contributed by atoms with van der Waals surface area (Å²) >= 11 is 0. The SMILES string of the molecule is C[C@@]1(O)CCN([C@@H]2CCCN(Cc3ccccc3)C2=O)C1. The number of hydrogen-bond donors (Lipinski definition) is 1. The number of benzene rings is 1. The average molecular weight is 288 g/mol. The van der Waals surface area contributed by atoms with E-state index < -0.39 is 5.60 Å². The van der Waals surface area contributed by atoms with Gasteiger partial charge in [0.15, 0.2) is 0 Å². The zero-order valence-corrected chi connectivity index (χ0v) is 12.7. The molecule has 21 heavy (non-hydrogen) atoms. The summed E-state index contributed by atoms with van der Waals surface area (Å²) in [4.78, 5) is 16.9. The number of carbonyl (C=O) groups excluding carboxylic acids is 1. The highest BCUT2D eigenvalue weighted by atomic mass is 16.3. The second kappa shape index (κ2) is 5.78. The van der Waals surface area contributed by atoms with E-state index in [9.17, 15) is 9.90 Å². The number of amides is 1. The number of rotatable bonds is 3. The number of likely N-dealkylation sites (tertiary alicyclic amines) is 2. The summed E-state index contributed by atoms with van der Waals surface area (Å²) < 4.78 is 0. The molecule has 4 heteroatoms. The zero-order valence-electron chi connectivity index (χ0n) is 12.7. The van der Waals surface area contributed by atoms with Gasteiger partial charge in [0.1, 0.15) is 0 Å². The molecule has 114 valence electrons. The van der Waals surface area contributed by atoms with Gasteiger partial charge in [-0.15, -0.1) is 0 Å². The zero-order chi connectivity index (χ0) is 14.9. The molecule has 0 unspecified atom stereocenters. The van der Waals surface area contributed by atoms with Gasteiger partial charge in [-0.1, -0.05) is 30.3 Å². The summed E-state index contributed by atoms with van der Waals surface area (Å²) in [5, 5.41) is 10.1. The Morgan fingerprint density at radius 3 is 2.71 bits per heavy atom. The van der Waals surface area contributed by atoms with Crippen molar-refractivity contribution in [3.05, 3.63) is 35.9 Å². The van der Waals surface area contributed by atoms with Gasteiger partial charge in [-0.25, -0.2) is 0 Å². The molecule has 2 fully saturated rings. The van der Waals surface area contributed by atoms with Crippen LogP contribution in [0.1, 0.15) is 31.7 Å². The second-order valence-electron chi connectivity index (χ2n) is 6.62. The van der Waals surface area contributed by atoms with Crippen LogP contribution in [0.3, 0.4) is 0 Å². The standard InChI is InChI=1S/C17H24N2O2/c1-17(21)9-11-19(13-17)15-8-5-10-18(16(15)20)12-14-6-3-2-4-7-14/h2-4,6-7,15,21H,5,8-13H2,1H3/t15-,17-/m1/s1. The molecule has 2 heterocycles. The highest BCUT2D eigenvalue weighted by Crippen LogP contribution is 2.27. The first-order valence-electron chi connectivity index (χ1n) is 7.84. The lowest BCUT2D eigenvalue weighted by atomic mass is 10.0. The van der Waals surface area contributed by atoms with Crippen LogP contribution < -0.4 is 0 Å². The molecule has 2 atom stereocenters. The van der Waals surface area contributed by atoms with Crippen molar-refractivity contribution in [1.82, 2.24) is 9.80 Å². The van der Waals surface area contributed by atoms with Crippen molar-refractivity contribution < 1.29 is 9.90 Å². The predicted molar refractivity (Wildman–Crippen MR) is 81.7 cm³/mol. The average Bonchev–Trinajstić information content (AvgIpc) is 2.82. The summed E-state index contributed by atoms with van der Waals surface area (Å²) in [7, 11) is 0. The minimum absolute atomic E-state index is 0.0450. The molecular weight excluding hydrogens is 264 g/mol. The third-order valence-electron chi connectivity index (χ3n) is 4.64. The lowest BCUT2D eigenvalue weighted by molar-refractivity contribution is -0.140. The molecule has 0 saturated carbocycles. The molecule has 1 amide bonds. The molecule has 1 aromatic rings. The van der Waals surface area contributed by atoms with Crippen molar-refractivity contribution in [1.29, 1.82) is 0 Å². The van der Waals surface area contributed by atoms with Gasteiger partial charge in [-0.05, 0) is 31.7 Å².